The summed E-state index contributed by atoms with van der Waals surface area (Å²) < 4.78 is 0. The number of hydrogen-bond donors (Lipinski definition) is 1. The molecule has 1 aliphatic rings. The zero-order chi connectivity index (χ0) is 13.1. The van der Waals surface area contributed by atoms with Crippen LogP contribution < -0.4 is 5.32 Å². The predicted molar refractivity (Wildman–Crippen MR) is 70.7 cm³/mol. The first-order valence-electron chi connectivity index (χ1n) is 6.48. The first kappa shape index (κ1) is 12.8. The maximum absolute atomic E-state index is 10.7. The van der Waals surface area contributed by atoms with Crippen LogP contribution in [0.15, 0.2) is 12.1 Å². The first-order valence-corrected chi connectivity index (χ1v) is 6.48. The van der Waals surface area contributed by atoms with Crippen LogP contribution in [0.4, 0.5) is 11.5 Å². The van der Waals surface area contributed by atoms with Gasteiger partial charge < -0.3 is 5.32 Å². The number of nitrogens with one attached hydrogen (secondary N) is 1. The molecular formula is C13H19N3O2. The van der Waals surface area contributed by atoms with Crippen molar-refractivity contribution in [2.45, 2.75) is 45.6 Å². The molecule has 0 bridgehead atoms. The van der Waals surface area contributed by atoms with E-state index in [-0.39, 0.29) is 5.69 Å². The molecule has 1 atom stereocenters. The summed E-state index contributed by atoms with van der Waals surface area (Å²) in [4.78, 5) is 14.6. The van der Waals surface area contributed by atoms with Crippen molar-refractivity contribution in [2.24, 2.45) is 5.92 Å². The molecule has 1 saturated carbocycles. The number of aryl methyl sites for hydroxylation is 1. The van der Waals surface area contributed by atoms with Crippen LogP contribution >= 0.6 is 0 Å². The third-order valence-corrected chi connectivity index (χ3v) is 3.41. The van der Waals surface area contributed by atoms with Crippen molar-refractivity contribution in [1.82, 2.24) is 4.98 Å². The van der Waals surface area contributed by atoms with Crippen LogP contribution in [-0.4, -0.2) is 15.9 Å². The molecule has 2 rings (SSSR count). The number of aromatic nitrogens is 1. The summed E-state index contributed by atoms with van der Waals surface area (Å²) in [6.45, 7) is 3.82. The van der Waals surface area contributed by atoms with Crippen molar-refractivity contribution in [1.29, 1.82) is 0 Å². The van der Waals surface area contributed by atoms with Crippen LogP contribution in [0.25, 0.3) is 0 Å². The van der Waals surface area contributed by atoms with Crippen LogP contribution in [0.5, 0.6) is 0 Å². The Morgan fingerprint density at radius 3 is 2.78 bits per heavy atom. The molecular weight excluding hydrogens is 230 g/mol. The number of anilines is 1. The minimum absolute atomic E-state index is 0.0794. The van der Waals surface area contributed by atoms with Gasteiger partial charge in [-0.2, -0.15) is 0 Å². The van der Waals surface area contributed by atoms with E-state index in [0.717, 1.165) is 18.2 Å². The Bertz CT molecular complexity index is 444. The maximum atomic E-state index is 10.7. The normalized spacial score (nSPS) is 16.3. The van der Waals surface area contributed by atoms with Gasteiger partial charge in [-0.15, -0.1) is 0 Å². The Hall–Kier alpha value is -1.65. The molecule has 0 saturated heterocycles. The van der Waals surface area contributed by atoms with Crippen LogP contribution in [0.3, 0.4) is 0 Å². The second-order valence-electron chi connectivity index (χ2n) is 4.99. The second kappa shape index (κ2) is 5.33. The lowest BCUT2D eigenvalue weighted by Gasteiger charge is -2.17. The van der Waals surface area contributed by atoms with Crippen molar-refractivity contribution >= 4 is 11.5 Å². The SMILES string of the molecule is CCC(CC1CC1)Nc1ccc([N+](=O)[O-])c(C)n1. The van der Waals surface area contributed by atoms with Gasteiger partial charge in [-0.05, 0) is 31.7 Å². The molecule has 1 aromatic rings. The van der Waals surface area contributed by atoms with Gasteiger partial charge in [0.05, 0.1) is 4.92 Å². The predicted octanol–water partition coefficient (Wildman–Crippen LogP) is 3.29. The molecule has 1 fully saturated rings. The largest absolute Gasteiger partial charge is 0.367 e. The third-order valence-electron chi connectivity index (χ3n) is 3.41. The number of nitrogens with zero attached hydrogens (tertiary/aromatic N) is 2. The van der Waals surface area contributed by atoms with Crippen molar-refractivity contribution < 1.29 is 4.92 Å². The Morgan fingerprint density at radius 2 is 2.28 bits per heavy atom. The van der Waals surface area contributed by atoms with E-state index in [2.05, 4.69) is 17.2 Å². The van der Waals surface area contributed by atoms with Crippen LogP contribution in [0.1, 0.15) is 38.3 Å². The molecule has 0 aromatic carbocycles. The first-order chi connectivity index (χ1) is 8.60. The Kier molecular flexibility index (Phi) is 3.79. The molecule has 0 spiro atoms. The summed E-state index contributed by atoms with van der Waals surface area (Å²) in [5.74, 6) is 1.60. The van der Waals surface area contributed by atoms with E-state index in [1.807, 2.05) is 0 Å². The summed E-state index contributed by atoms with van der Waals surface area (Å²) in [6, 6.07) is 3.64. The lowest BCUT2D eigenvalue weighted by atomic mass is 10.1. The molecule has 1 unspecified atom stereocenters. The number of pyridine rings is 1. The van der Waals surface area contributed by atoms with Crippen molar-refractivity contribution in [3.8, 4) is 0 Å². The fourth-order valence-corrected chi connectivity index (χ4v) is 2.12. The van der Waals surface area contributed by atoms with Gasteiger partial charge in [0.1, 0.15) is 11.5 Å². The van der Waals surface area contributed by atoms with E-state index in [4.69, 9.17) is 0 Å². The van der Waals surface area contributed by atoms with Gasteiger partial charge in [0, 0.05) is 12.1 Å². The molecule has 98 valence electrons. The summed E-state index contributed by atoms with van der Waals surface area (Å²) in [6.07, 6.45) is 4.90. The van der Waals surface area contributed by atoms with E-state index in [1.165, 1.54) is 25.3 Å². The minimum Gasteiger partial charge on any atom is -0.367 e. The van der Waals surface area contributed by atoms with E-state index < -0.39 is 4.92 Å². The lowest BCUT2D eigenvalue weighted by molar-refractivity contribution is -0.385. The molecule has 5 nitrogen and oxygen atoms in total. The standard InChI is InChI=1S/C13H19N3O2/c1-3-11(8-10-4-5-10)15-13-7-6-12(16(17)18)9(2)14-13/h6-7,10-11H,3-5,8H2,1-2H3,(H,14,15). The fraction of sp³-hybridized carbons (Fsp3) is 0.615. The molecule has 5 heteroatoms. The van der Waals surface area contributed by atoms with Gasteiger partial charge in [-0.3, -0.25) is 10.1 Å². The van der Waals surface area contributed by atoms with Gasteiger partial charge in [0.2, 0.25) is 0 Å². The van der Waals surface area contributed by atoms with E-state index in [1.54, 1.807) is 13.0 Å². The van der Waals surface area contributed by atoms with Crippen molar-refractivity contribution in [3.63, 3.8) is 0 Å². The number of rotatable bonds is 6. The average molecular weight is 249 g/mol. The third kappa shape index (κ3) is 3.18. The zero-order valence-electron chi connectivity index (χ0n) is 10.8. The van der Waals surface area contributed by atoms with Gasteiger partial charge in [0.15, 0.2) is 0 Å². The zero-order valence-corrected chi connectivity index (χ0v) is 10.8. The van der Waals surface area contributed by atoms with Crippen LogP contribution in [0.2, 0.25) is 0 Å². The highest BCUT2D eigenvalue weighted by Crippen LogP contribution is 2.34. The molecule has 1 aromatic heterocycles. The Labute approximate surface area is 107 Å². The molecule has 18 heavy (non-hydrogen) atoms. The highest BCUT2D eigenvalue weighted by atomic mass is 16.6. The smallest absolute Gasteiger partial charge is 0.290 e. The molecule has 1 N–H and O–H groups in total. The maximum Gasteiger partial charge on any atom is 0.290 e. The summed E-state index contributed by atoms with van der Waals surface area (Å²) >= 11 is 0. The fourth-order valence-electron chi connectivity index (χ4n) is 2.12. The molecule has 1 aliphatic carbocycles. The van der Waals surface area contributed by atoms with Gasteiger partial charge in [-0.1, -0.05) is 19.8 Å². The monoisotopic (exact) mass is 249 g/mol. The summed E-state index contributed by atoms with van der Waals surface area (Å²) in [5, 5.41) is 14.1. The summed E-state index contributed by atoms with van der Waals surface area (Å²) in [5.41, 5.74) is 0.544. The molecule has 0 amide bonds. The van der Waals surface area contributed by atoms with Crippen LogP contribution in [-0.2, 0) is 0 Å². The van der Waals surface area contributed by atoms with E-state index in [9.17, 15) is 10.1 Å². The minimum atomic E-state index is -0.395. The van der Waals surface area contributed by atoms with Crippen molar-refractivity contribution in [3.05, 3.63) is 27.9 Å². The van der Waals surface area contributed by atoms with E-state index in [0.29, 0.717) is 11.7 Å². The Morgan fingerprint density at radius 1 is 1.56 bits per heavy atom. The Balaban J connectivity index is 2.03. The number of nitro groups is 1. The lowest BCUT2D eigenvalue weighted by Crippen LogP contribution is -2.20. The molecule has 1 heterocycles. The van der Waals surface area contributed by atoms with Gasteiger partial charge in [0.25, 0.3) is 5.69 Å². The topological polar surface area (TPSA) is 68.1 Å². The molecule has 0 radical (unpaired) electrons. The highest BCUT2D eigenvalue weighted by Gasteiger charge is 2.25. The quantitative estimate of drug-likeness (QED) is 0.620. The second-order valence-corrected chi connectivity index (χ2v) is 4.99. The number of hydrogen-bond acceptors (Lipinski definition) is 4. The molecule has 0 aliphatic heterocycles. The van der Waals surface area contributed by atoms with Crippen LogP contribution in [0, 0.1) is 23.0 Å². The van der Waals surface area contributed by atoms with Gasteiger partial charge >= 0.3 is 0 Å². The van der Waals surface area contributed by atoms with Crippen molar-refractivity contribution in [2.75, 3.05) is 5.32 Å². The van der Waals surface area contributed by atoms with E-state index >= 15 is 0 Å². The highest BCUT2D eigenvalue weighted by molar-refractivity contribution is 5.45. The van der Waals surface area contributed by atoms with Gasteiger partial charge in [-0.25, -0.2) is 4.98 Å². The summed E-state index contributed by atoms with van der Waals surface area (Å²) in [7, 11) is 0. The average Bonchev–Trinajstić information content (AvgIpc) is 3.11.